The number of hydrogen-bond donors (Lipinski definition) is 1. The van der Waals surface area contributed by atoms with Gasteiger partial charge in [0.05, 0.1) is 39.3 Å². The Balaban J connectivity index is 1.78. The lowest BCUT2D eigenvalue weighted by atomic mass is 9.93. The highest BCUT2D eigenvalue weighted by Crippen LogP contribution is 2.38. The Morgan fingerprint density at radius 2 is 1.74 bits per heavy atom. The van der Waals surface area contributed by atoms with Crippen molar-refractivity contribution in [2.24, 2.45) is 0 Å². The Morgan fingerprint density at radius 1 is 1.03 bits per heavy atom. The first-order valence-corrected chi connectivity index (χ1v) is 9.62. The van der Waals surface area contributed by atoms with Gasteiger partial charge in [0.1, 0.15) is 11.6 Å². The first-order chi connectivity index (χ1) is 15.0. The number of ether oxygens (including phenoxy) is 4. The third-order valence-corrected chi connectivity index (χ3v) is 5.47. The van der Waals surface area contributed by atoms with E-state index in [4.69, 9.17) is 18.9 Å². The van der Waals surface area contributed by atoms with Crippen molar-refractivity contribution in [2.75, 3.05) is 39.9 Å². The highest BCUT2D eigenvalue weighted by atomic mass is 16.5. The normalized spacial score (nSPS) is 12.8. The maximum atomic E-state index is 12.7. The molecular weight excluding hydrogens is 400 g/mol. The molecule has 1 N–H and O–H groups in total. The lowest BCUT2D eigenvalue weighted by Crippen LogP contribution is -2.33. The van der Waals surface area contributed by atoms with E-state index in [2.05, 4.69) is 16.0 Å². The van der Waals surface area contributed by atoms with E-state index in [1.54, 1.807) is 12.1 Å². The van der Waals surface area contributed by atoms with Gasteiger partial charge in [-0.1, -0.05) is 0 Å². The lowest BCUT2D eigenvalue weighted by molar-refractivity contribution is 0.352. The van der Waals surface area contributed by atoms with Crippen LogP contribution in [-0.2, 0) is 13.0 Å². The molecule has 0 aliphatic carbocycles. The molecule has 4 rings (SSSR count). The van der Waals surface area contributed by atoms with Crippen LogP contribution >= 0.6 is 0 Å². The molecule has 2 aromatic carbocycles. The van der Waals surface area contributed by atoms with Crippen LogP contribution in [0.5, 0.6) is 23.0 Å². The number of nitrogens with one attached hydrogen (secondary N) is 1. The Morgan fingerprint density at radius 3 is 2.39 bits per heavy atom. The van der Waals surface area contributed by atoms with Crippen LogP contribution in [0.3, 0.4) is 0 Å². The van der Waals surface area contributed by atoms with Crippen LogP contribution in [0, 0.1) is 11.3 Å². The van der Waals surface area contributed by atoms with Crippen molar-refractivity contribution in [3.63, 3.8) is 0 Å². The highest BCUT2D eigenvalue weighted by molar-refractivity contribution is 5.82. The quantitative estimate of drug-likeness (QED) is 0.668. The first-order valence-electron chi connectivity index (χ1n) is 9.62. The van der Waals surface area contributed by atoms with Gasteiger partial charge in [0.15, 0.2) is 23.0 Å². The summed E-state index contributed by atoms with van der Waals surface area (Å²) in [6.45, 7) is 1.05. The van der Waals surface area contributed by atoms with Crippen LogP contribution in [-0.4, -0.2) is 45.0 Å². The number of fused-ring (bicyclic) bond motifs is 2. The van der Waals surface area contributed by atoms with E-state index in [1.807, 2.05) is 11.0 Å². The zero-order valence-electron chi connectivity index (χ0n) is 17.7. The number of hydrogen-bond acceptors (Lipinski definition) is 8. The van der Waals surface area contributed by atoms with E-state index in [9.17, 15) is 10.1 Å². The number of methoxy groups -OCH3 is 4. The minimum atomic E-state index is -0.267. The lowest BCUT2D eigenvalue weighted by Gasteiger charge is -2.30. The van der Waals surface area contributed by atoms with Crippen LogP contribution in [0.2, 0.25) is 0 Å². The maximum absolute atomic E-state index is 12.7. The molecule has 9 nitrogen and oxygen atoms in total. The molecule has 0 unspecified atom stereocenters. The van der Waals surface area contributed by atoms with Crippen LogP contribution in [0.25, 0.3) is 10.9 Å². The molecule has 1 aliphatic heterocycles. The fourth-order valence-electron chi connectivity index (χ4n) is 3.95. The minimum absolute atomic E-state index is 0.267. The smallest absolute Gasteiger partial charge is 0.260 e. The number of nitriles is 1. The van der Waals surface area contributed by atoms with Gasteiger partial charge in [0.2, 0.25) is 5.95 Å². The van der Waals surface area contributed by atoms with Crippen molar-refractivity contribution < 1.29 is 18.9 Å². The molecule has 0 atom stereocenters. The zero-order valence-corrected chi connectivity index (χ0v) is 17.7. The van der Waals surface area contributed by atoms with Gasteiger partial charge in [-0.15, -0.1) is 0 Å². The first kappa shape index (κ1) is 20.3. The average molecular weight is 422 g/mol. The van der Waals surface area contributed by atoms with Crippen molar-refractivity contribution >= 4 is 16.9 Å². The molecule has 0 saturated carbocycles. The van der Waals surface area contributed by atoms with Crippen molar-refractivity contribution in [3.8, 4) is 29.1 Å². The maximum Gasteiger partial charge on any atom is 0.260 e. The molecule has 0 amide bonds. The van der Waals surface area contributed by atoms with Gasteiger partial charge in [-0.2, -0.15) is 5.26 Å². The van der Waals surface area contributed by atoms with Crippen LogP contribution in [0.15, 0.2) is 23.0 Å². The molecule has 1 aliphatic rings. The third-order valence-electron chi connectivity index (χ3n) is 5.47. The third kappa shape index (κ3) is 3.36. The van der Waals surface area contributed by atoms with Gasteiger partial charge in [-0.25, -0.2) is 4.98 Å². The molecule has 0 spiro atoms. The summed E-state index contributed by atoms with van der Waals surface area (Å²) < 4.78 is 21.4. The average Bonchev–Trinajstić information content (AvgIpc) is 2.81. The second-order valence-electron chi connectivity index (χ2n) is 7.02. The molecule has 9 heteroatoms. The summed E-state index contributed by atoms with van der Waals surface area (Å²) in [6, 6.07) is 7.41. The summed E-state index contributed by atoms with van der Waals surface area (Å²) in [5.41, 5.74) is 2.57. The number of aromatic amines is 1. The highest BCUT2D eigenvalue weighted by Gasteiger charge is 2.26. The van der Waals surface area contributed by atoms with Crippen molar-refractivity contribution in [3.05, 3.63) is 45.2 Å². The van der Waals surface area contributed by atoms with Gasteiger partial charge in [-0.05, 0) is 29.7 Å². The van der Waals surface area contributed by atoms with Gasteiger partial charge >= 0.3 is 0 Å². The number of rotatable bonds is 5. The topological polar surface area (TPSA) is 110 Å². The van der Waals surface area contributed by atoms with E-state index >= 15 is 0 Å². The van der Waals surface area contributed by atoms with E-state index in [0.29, 0.717) is 64.9 Å². The van der Waals surface area contributed by atoms with Gasteiger partial charge in [-0.3, -0.25) is 9.78 Å². The van der Waals surface area contributed by atoms with E-state index in [-0.39, 0.29) is 5.56 Å². The largest absolute Gasteiger partial charge is 0.493 e. The molecule has 0 radical (unpaired) electrons. The van der Waals surface area contributed by atoms with Crippen LogP contribution in [0.1, 0.15) is 16.7 Å². The monoisotopic (exact) mass is 422 g/mol. The molecule has 0 saturated heterocycles. The Labute approximate surface area is 178 Å². The number of H-pyrrole nitrogens is 1. The fraction of sp³-hybridized carbons (Fsp3) is 0.318. The Hall–Kier alpha value is -3.93. The molecule has 160 valence electrons. The summed E-state index contributed by atoms with van der Waals surface area (Å²) >= 11 is 0. The van der Waals surface area contributed by atoms with Crippen molar-refractivity contribution in [2.45, 2.75) is 13.0 Å². The summed E-state index contributed by atoms with van der Waals surface area (Å²) in [4.78, 5) is 22.2. The number of benzene rings is 2. The number of nitrogens with zero attached hydrogens (tertiary/aromatic N) is 3. The van der Waals surface area contributed by atoms with E-state index in [1.165, 1.54) is 28.4 Å². The fourth-order valence-corrected chi connectivity index (χ4v) is 3.95. The summed E-state index contributed by atoms with van der Waals surface area (Å²) in [5.74, 6) is 2.35. The Bertz CT molecular complexity index is 1260. The number of anilines is 1. The summed E-state index contributed by atoms with van der Waals surface area (Å²) in [6.07, 6.45) is 0.603. The predicted molar refractivity (Wildman–Crippen MR) is 114 cm³/mol. The molecule has 2 heterocycles. The SMILES string of the molecule is COc1cc2nc(N3CCc4c(cc(OC)c(OC)c4C#N)C3)[nH]c(=O)c2cc1OC. The van der Waals surface area contributed by atoms with Crippen LogP contribution < -0.4 is 29.4 Å². The minimum Gasteiger partial charge on any atom is -0.493 e. The van der Waals surface area contributed by atoms with E-state index < -0.39 is 0 Å². The molecular formula is C22H22N4O5. The zero-order chi connectivity index (χ0) is 22.1. The van der Waals surface area contributed by atoms with Crippen molar-refractivity contribution in [1.82, 2.24) is 9.97 Å². The van der Waals surface area contributed by atoms with E-state index in [0.717, 1.165) is 11.1 Å². The molecule has 3 aromatic rings. The Kier molecular flexibility index (Phi) is 5.29. The second kappa shape index (κ2) is 8.07. The molecule has 1 aromatic heterocycles. The van der Waals surface area contributed by atoms with Gasteiger partial charge < -0.3 is 23.8 Å². The molecule has 0 bridgehead atoms. The standard InChI is InChI=1S/C22H22N4O5/c1-28-17-8-14-16(9-18(17)29-2)24-22(25-21(14)27)26-6-5-13-12(11-26)7-19(30-3)20(31-4)15(13)10-23/h7-9H,5-6,11H2,1-4H3,(H,24,25,27). The number of aromatic nitrogens is 2. The predicted octanol–water partition coefficient (Wildman–Crippen LogP) is 2.39. The summed E-state index contributed by atoms with van der Waals surface area (Å²) in [5, 5.41) is 10.1. The second-order valence-corrected chi connectivity index (χ2v) is 7.02. The molecule has 31 heavy (non-hydrogen) atoms. The molecule has 0 fully saturated rings. The van der Waals surface area contributed by atoms with Gasteiger partial charge in [0, 0.05) is 19.2 Å². The van der Waals surface area contributed by atoms with Crippen LogP contribution in [0.4, 0.5) is 5.95 Å². The van der Waals surface area contributed by atoms with Crippen molar-refractivity contribution in [1.29, 1.82) is 5.26 Å². The summed E-state index contributed by atoms with van der Waals surface area (Å²) in [7, 11) is 6.11. The van der Waals surface area contributed by atoms with Gasteiger partial charge in [0.25, 0.3) is 5.56 Å².